The van der Waals surface area contributed by atoms with Gasteiger partial charge < -0.3 is 5.11 Å². The van der Waals surface area contributed by atoms with Crippen molar-refractivity contribution in [2.75, 3.05) is 0 Å². The number of nitrogens with zero attached hydrogens (tertiary/aromatic N) is 1. The minimum atomic E-state index is -0.356. The molecule has 1 unspecified atom stereocenters. The van der Waals surface area contributed by atoms with Crippen LogP contribution < -0.4 is 0 Å². The van der Waals surface area contributed by atoms with Gasteiger partial charge in [0.2, 0.25) is 0 Å². The normalized spacial score (nSPS) is 12.7. The maximum absolute atomic E-state index is 10.3. The molecule has 1 atom stereocenters. The van der Waals surface area contributed by atoms with E-state index in [1.165, 1.54) is 22.3 Å². The fourth-order valence-electron chi connectivity index (χ4n) is 2.54. The van der Waals surface area contributed by atoms with Crippen LogP contribution in [0.4, 0.5) is 0 Å². The van der Waals surface area contributed by atoms with Gasteiger partial charge >= 0.3 is 0 Å². The maximum Gasteiger partial charge on any atom is 0.0954 e. The van der Waals surface area contributed by atoms with Crippen molar-refractivity contribution in [1.82, 2.24) is 4.98 Å². The lowest BCUT2D eigenvalue weighted by atomic mass is 9.94. The van der Waals surface area contributed by atoms with E-state index in [4.69, 9.17) is 0 Å². The third-order valence-corrected chi connectivity index (χ3v) is 4.35. The molecule has 0 bridgehead atoms. The Morgan fingerprint density at radius 3 is 2.26 bits per heavy atom. The van der Waals surface area contributed by atoms with Gasteiger partial charge in [0.1, 0.15) is 0 Å². The molecule has 0 radical (unpaired) electrons. The van der Waals surface area contributed by atoms with Gasteiger partial charge in [0.15, 0.2) is 0 Å². The Hall–Kier alpha value is -1.19. The zero-order valence-electron chi connectivity index (χ0n) is 12.0. The fraction of sp³-hybridized carbons (Fsp3) is 0.438. The summed E-state index contributed by atoms with van der Waals surface area (Å²) in [6.45, 7) is 8.34. The lowest BCUT2D eigenvalue weighted by Crippen LogP contribution is -2.15. The molecule has 3 heteroatoms. The molecule has 0 saturated carbocycles. The van der Waals surface area contributed by atoms with Gasteiger partial charge in [0, 0.05) is 17.5 Å². The summed E-state index contributed by atoms with van der Waals surface area (Å²) in [7, 11) is 0. The lowest BCUT2D eigenvalue weighted by molar-refractivity contribution is 0.175. The Morgan fingerprint density at radius 2 is 1.74 bits per heavy atom. The molecule has 0 spiro atoms. The third-order valence-electron chi connectivity index (χ3n) is 3.36. The van der Waals surface area contributed by atoms with E-state index >= 15 is 0 Å². The number of aliphatic hydroxyl groups excluding tert-OH is 1. The summed E-state index contributed by atoms with van der Waals surface area (Å²) in [6.07, 6.45) is 0.993. The van der Waals surface area contributed by atoms with E-state index in [1.54, 1.807) is 11.3 Å². The average molecular weight is 275 g/mol. The Labute approximate surface area is 119 Å². The number of aryl methyl sites for hydroxylation is 4. The van der Waals surface area contributed by atoms with E-state index in [9.17, 15) is 5.11 Å². The smallest absolute Gasteiger partial charge is 0.0954 e. The Morgan fingerprint density at radius 1 is 1.11 bits per heavy atom. The molecule has 0 aliphatic heterocycles. The first kappa shape index (κ1) is 14.2. The number of benzene rings is 1. The number of hydrogen-bond acceptors (Lipinski definition) is 3. The molecule has 0 fully saturated rings. The van der Waals surface area contributed by atoms with Gasteiger partial charge in [-0.3, -0.25) is 0 Å². The standard InChI is InChI=1S/C16H21NOS/c1-10-5-11(2)15(12(3)6-10)7-14(18)8-16-17-13(4)9-19-16/h5-6,9,14,18H,7-8H2,1-4H3. The number of thiazole rings is 1. The summed E-state index contributed by atoms with van der Waals surface area (Å²) >= 11 is 1.63. The van der Waals surface area contributed by atoms with Crippen molar-refractivity contribution in [3.63, 3.8) is 0 Å². The van der Waals surface area contributed by atoms with Gasteiger partial charge in [-0.05, 0) is 50.8 Å². The van der Waals surface area contributed by atoms with Crippen molar-refractivity contribution in [3.8, 4) is 0 Å². The molecule has 1 heterocycles. The highest BCUT2D eigenvalue weighted by molar-refractivity contribution is 7.09. The molecule has 1 aromatic heterocycles. The maximum atomic E-state index is 10.3. The predicted octanol–water partition coefficient (Wildman–Crippen LogP) is 3.52. The summed E-state index contributed by atoms with van der Waals surface area (Å²) in [6, 6.07) is 4.37. The van der Waals surface area contributed by atoms with Crippen LogP contribution in [0.1, 0.15) is 33.0 Å². The van der Waals surface area contributed by atoms with E-state index in [2.05, 4.69) is 37.9 Å². The summed E-state index contributed by atoms with van der Waals surface area (Å²) in [5.41, 5.74) is 6.13. The molecule has 1 aromatic carbocycles. The molecule has 1 N–H and O–H groups in total. The van der Waals surface area contributed by atoms with Gasteiger partial charge in [-0.2, -0.15) is 0 Å². The number of aromatic nitrogens is 1. The van der Waals surface area contributed by atoms with Crippen LogP contribution in [0, 0.1) is 27.7 Å². The Kier molecular flexibility index (Phi) is 4.38. The zero-order chi connectivity index (χ0) is 14.0. The molecule has 0 amide bonds. The van der Waals surface area contributed by atoms with Crippen molar-refractivity contribution in [3.05, 3.63) is 50.5 Å². The van der Waals surface area contributed by atoms with Gasteiger partial charge in [0.25, 0.3) is 0 Å². The third kappa shape index (κ3) is 3.64. The topological polar surface area (TPSA) is 33.1 Å². The molecule has 2 nitrogen and oxygen atoms in total. The molecule has 0 aliphatic carbocycles. The first-order chi connectivity index (χ1) is 8.95. The van der Waals surface area contributed by atoms with Crippen LogP contribution in [0.25, 0.3) is 0 Å². The first-order valence-corrected chi connectivity index (χ1v) is 7.49. The number of hydrogen-bond donors (Lipinski definition) is 1. The van der Waals surface area contributed by atoms with Crippen molar-refractivity contribution < 1.29 is 5.11 Å². The highest BCUT2D eigenvalue weighted by Crippen LogP contribution is 2.20. The number of rotatable bonds is 4. The highest BCUT2D eigenvalue weighted by atomic mass is 32.1. The van der Waals surface area contributed by atoms with Crippen LogP contribution in [-0.2, 0) is 12.8 Å². The molecule has 102 valence electrons. The Balaban J connectivity index is 2.08. The summed E-state index contributed by atoms with van der Waals surface area (Å²) in [5.74, 6) is 0. The second-order valence-corrected chi connectivity index (χ2v) is 6.26. The zero-order valence-corrected chi connectivity index (χ0v) is 12.8. The van der Waals surface area contributed by atoms with Gasteiger partial charge in [-0.15, -0.1) is 11.3 Å². The van der Waals surface area contributed by atoms with Crippen molar-refractivity contribution >= 4 is 11.3 Å². The predicted molar refractivity (Wildman–Crippen MR) is 80.9 cm³/mol. The first-order valence-electron chi connectivity index (χ1n) is 6.61. The summed E-state index contributed by atoms with van der Waals surface area (Å²) < 4.78 is 0. The molecule has 0 aliphatic rings. The van der Waals surface area contributed by atoms with Gasteiger partial charge in [0.05, 0.1) is 11.1 Å². The highest BCUT2D eigenvalue weighted by Gasteiger charge is 2.13. The second kappa shape index (κ2) is 5.85. The van der Waals surface area contributed by atoms with E-state index in [0.717, 1.165) is 10.7 Å². The van der Waals surface area contributed by atoms with E-state index in [-0.39, 0.29) is 6.10 Å². The lowest BCUT2D eigenvalue weighted by Gasteiger charge is -2.15. The van der Waals surface area contributed by atoms with Gasteiger partial charge in [-0.1, -0.05) is 17.7 Å². The number of aliphatic hydroxyl groups is 1. The summed E-state index contributed by atoms with van der Waals surface area (Å²) in [4.78, 5) is 4.41. The van der Waals surface area contributed by atoms with Crippen LogP contribution in [0.15, 0.2) is 17.5 Å². The monoisotopic (exact) mass is 275 g/mol. The molecule has 2 rings (SSSR count). The fourth-order valence-corrected chi connectivity index (χ4v) is 3.38. The average Bonchev–Trinajstić information content (AvgIpc) is 2.69. The molecule has 19 heavy (non-hydrogen) atoms. The molecular weight excluding hydrogens is 254 g/mol. The van der Waals surface area contributed by atoms with Crippen LogP contribution in [0.5, 0.6) is 0 Å². The van der Waals surface area contributed by atoms with E-state index in [0.29, 0.717) is 12.8 Å². The van der Waals surface area contributed by atoms with Crippen LogP contribution >= 0.6 is 11.3 Å². The summed E-state index contributed by atoms with van der Waals surface area (Å²) in [5, 5.41) is 13.3. The van der Waals surface area contributed by atoms with E-state index < -0.39 is 0 Å². The van der Waals surface area contributed by atoms with Crippen molar-refractivity contribution in [2.45, 2.75) is 46.6 Å². The van der Waals surface area contributed by atoms with Crippen LogP contribution in [-0.4, -0.2) is 16.2 Å². The minimum Gasteiger partial charge on any atom is -0.392 e. The van der Waals surface area contributed by atoms with Crippen molar-refractivity contribution in [2.24, 2.45) is 0 Å². The van der Waals surface area contributed by atoms with E-state index in [1.807, 2.05) is 12.3 Å². The van der Waals surface area contributed by atoms with Crippen LogP contribution in [0.3, 0.4) is 0 Å². The van der Waals surface area contributed by atoms with Gasteiger partial charge in [-0.25, -0.2) is 4.98 Å². The van der Waals surface area contributed by atoms with Crippen LogP contribution in [0.2, 0.25) is 0 Å². The quantitative estimate of drug-likeness (QED) is 0.926. The largest absolute Gasteiger partial charge is 0.392 e. The minimum absolute atomic E-state index is 0.356. The second-order valence-electron chi connectivity index (χ2n) is 5.32. The molecule has 0 saturated heterocycles. The SMILES string of the molecule is Cc1cc(C)c(CC(O)Cc2nc(C)cs2)c(C)c1. The van der Waals surface area contributed by atoms with Crippen molar-refractivity contribution in [1.29, 1.82) is 0 Å². The Bertz CT molecular complexity index is 551. The molecule has 2 aromatic rings. The molecular formula is C16H21NOS.